The van der Waals surface area contributed by atoms with Crippen LogP contribution in [0.3, 0.4) is 0 Å². The summed E-state index contributed by atoms with van der Waals surface area (Å²) in [5.41, 5.74) is 3.37. The summed E-state index contributed by atoms with van der Waals surface area (Å²) in [6.07, 6.45) is 3.95. The quantitative estimate of drug-likeness (QED) is 0.292. The van der Waals surface area contributed by atoms with E-state index in [4.69, 9.17) is 14.2 Å². The van der Waals surface area contributed by atoms with Crippen molar-refractivity contribution in [3.8, 4) is 28.5 Å². The predicted molar refractivity (Wildman–Crippen MR) is 154 cm³/mol. The van der Waals surface area contributed by atoms with Crippen LogP contribution in [0.2, 0.25) is 0 Å². The lowest BCUT2D eigenvalue weighted by molar-refractivity contribution is -0.148. The van der Waals surface area contributed by atoms with Crippen LogP contribution in [0.1, 0.15) is 28.8 Å². The Morgan fingerprint density at radius 2 is 1.66 bits per heavy atom. The van der Waals surface area contributed by atoms with Crippen LogP contribution in [0.15, 0.2) is 96.0 Å². The molecule has 41 heavy (non-hydrogen) atoms. The molecule has 1 saturated heterocycles. The first kappa shape index (κ1) is 27.0. The van der Waals surface area contributed by atoms with Crippen molar-refractivity contribution in [2.75, 3.05) is 19.3 Å². The van der Waals surface area contributed by atoms with Gasteiger partial charge in [-0.25, -0.2) is 13.4 Å². The van der Waals surface area contributed by atoms with Gasteiger partial charge in [-0.05, 0) is 66.4 Å². The number of piperidine rings is 1. The number of hydrogen-bond acceptors (Lipinski definition) is 7. The van der Waals surface area contributed by atoms with Crippen LogP contribution in [-0.4, -0.2) is 49.8 Å². The Morgan fingerprint density at radius 1 is 0.927 bits per heavy atom. The van der Waals surface area contributed by atoms with E-state index in [2.05, 4.69) is 4.98 Å². The van der Waals surface area contributed by atoms with Gasteiger partial charge in [0.15, 0.2) is 9.84 Å². The fourth-order valence-electron chi connectivity index (χ4n) is 5.18. The number of benzene rings is 3. The summed E-state index contributed by atoms with van der Waals surface area (Å²) in [5.74, 6) is 2.05. The molecule has 2 aliphatic rings. The summed E-state index contributed by atoms with van der Waals surface area (Å²) in [7, 11) is -3.24. The maximum Gasteiger partial charge on any atom is 0.255 e. The number of para-hydroxylation sites is 1. The van der Waals surface area contributed by atoms with Crippen molar-refractivity contribution < 1.29 is 27.4 Å². The van der Waals surface area contributed by atoms with E-state index < -0.39 is 9.84 Å². The molecule has 0 bridgehead atoms. The van der Waals surface area contributed by atoms with Crippen molar-refractivity contribution in [2.45, 2.75) is 30.6 Å². The predicted octanol–water partition coefficient (Wildman–Crippen LogP) is 5.73. The minimum absolute atomic E-state index is 0.0462. The minimum Gasteiger partial charge on any atom is -0.464 e. The van der Waals surface area contributed by atoms with Gasteiger partial charge in [-0.1, -0.05) is 36.4 Å². The highest BCUT2D eigenvalue weighted by molar-refractivity contribution is 7.90. The third-order valence-electron chi connectivity index (χ3n) is 7.48. The summed E-state index contributed by atoms with van der Waals surface area (Å²) in [6, 6.07) is 25.7. The van der Waals surface area contributed by atoms with Crippen LogP contribution in [0.25, 0.3) is 11.1 Å². The lowest BCUT2D eigenvalue weighted by Crippen LogP contribution is -2.44. The number of fused-ring (bicyclic) bond motifs is 1. The van der Waals surface area contributed by atoms with E-state index in [9.17, 15) is 13.2 Å². The number of carbonyl (C=O) groups is 1. The Morgan fingerprint density at radius 3 is 2.34 bits per heavy atom. The molecule has 1 fully saturated rings. The molecule has 210 valence electrons. The molecule has 0 aliphatic carbocycles. The normalized spacial score (nSPS) is 17.4. The van der Waals surface area contributed by atoms with Crippen LogP contribution in [0.5, 0.6) is 17.4 Å². The van der Waals surface area contributed by atoms with E-state index in [-0.39, 0.29) is 18.1 Å². The van der Waals surface area contributed by atoms with Crippen molar-refractivity contribution in [1.82, 2.24) is 9.88 Å². The van der Waals surface area contributed by atoms with Crippen LogP contribution < -0.4 is 9.47 Å². The summed E-state index contributed by atoms with van der Waals surface area (Å²) in [5, 5.41) is 0. The number of likely N-dealkylation sites (tertiary alicyclic amines) is 1. The number of hydrogen-bond donors (Lipinski definition) is 0. The number of rotatable bonds is 6. The van der Waals surface area contributed by atoms with Crippen molar-refractivity contribution >= 4 is 15.7 Å². The summed E-state index contributed by atoms with van der Waals surface area (Å²) in [6.45, 7) is 1.66. The molecule has 0 N–H and O–H groups in total. The molecule has 1 atom stereocenters. The number of sulfone groups is 1. The van der Waals surface area contributed by atoms with Gasteiger partial charge < -0.3 is 19.1 Å². The zero-order valence-electron chi connectivity index (χ0n) is 22.6. The lowest BCUT2D eigenvalue weighted by atomic mass is 9.95. The van der Waals surface area contributed by atoms with E-state index in [1.165, 1.54) is 6.26 Å². The molecule has 3 aromatic carbocycles. The van der Waals surface area contributed by atoms with Crippen LogP contribution in [-0.2, 0) is 21.2 Å². The van der Waals surface area contributed by atoms with E-state index >= 15 is 0 Å². The van der Waals surface area contributed by atoms with E-state index in [1.807, 2.05) is 65.6 Å². The Hall–Kier alpha value is -4.21. The fourth-order valence-corrected chi connectivity index (χ4v) is 5.81. The second-order valence-corrected chi connectivity index (χ2v) is 12.4. The summed E-state index contributed by atoms with van der Waals surface area (Å²) in [4.78, 5) is 19.5. The van der Waals surface area contributed by atoms with Crippen LogP contribution in [0.4, 0.5) is 0 Å². The van der Waals surface area contributed by atoms with Crippen molar-refractivity contribution in [3.63, 3.8) is 0 Å². The van der Waals surface area contributed by atoms with Gasteiger partial charge >= 0.3 is 0 Å². The molecule has 0 spiro atoms. The first-order chi connectivity index (χ1) is 19.8. The van der Waals surface area contributed by atoms with Crippen LogP contribution >= 0.6 is 0 Å². The highest BCUT2D eigenvalue weighted by atomic mass is 32.2. The molecule has 8 nitrogen and oxygen atoms in total. The topological polar surface area (TPSA) is 95.0 Å². The number of ether oxygens (including phenoxy) is 3. The molecule has 6 rings (SSSR count). The molecule has 1 amide bonds. The number of carbonyl (C=O) groups excluding carboxylic acids is 1. The summed E-state index contributed by atoms with van der Waals surface area (Å²) >= 11 is 0. The van der Waals surface area contributed by atoms with Crippen LogP contribution in [0, 0.1) is 5.92 Å². The van der Waals surface area contributed by atoms with E-state index in [0.29, 0.717) is 41.8 Å². The maximum absolute atomic E-state index is 13.1. The van der Waals surface area contributed by atoms with Gasteiger partial charge in [-0.15, -0.1) is 0 Å². The second-order valence-electron chi connectivity index (χ2n) is 10.3. The molecule has 0 saturated carbocycles. The maximum atomic E-state index is 13.1. The largest absolute Gasteiger partial charge is 0.464 e. The Bertz CT molecular complexity index is 1630. The third-order valence-corrected chi connectivity index (χ3v) is 8.61. The van der Waals surface area contributed by atoms with Gasteiger partial charge in [0, 0.05) is 43.1 Å². The third kappa shape index (κ3) is 6.11. The van der Waals surface area contributed by atoms with Gasteiger partial charge in [-0.2, -0.15) is 0 Å². The first-order valence-electron chi connectivity index (χ1n) is 13.5. The van der Waals surface area contributed by atoms with Gasteiger partial charge in [0.25, 0.3) is 5.91 Å². The van der Waals surface area contributed by atoms with Gasteiger partial charge in [-0.3, -0.25) is 4.79 Å². The van der Waals surface area contributed by atoms with E-state index in [0.717, 1.165) is 35.3 Å². The van der Waals surface area contributed by atoms with Gasteiger partial charge in [0.2, 0.25) is 12.2 Å². The average molecular weight is 571 g/mol. The zero-order chi connectivity index (χ0) is 28.4. The highest BCUT2D eigenvalue weighted by Crippen LogP contribution is 2.35. The van der Waals surface area contributed by atoms with Gasteiger partial charge in [0.05, 0.1) is 17.1 Å². The minimum atomic E-state index is -3.24. The molecule has 1 aromatic heterocycles. The second kappa shape index (κ2) is 11.3. The first-order valence-corrected chi connectivity index (χ1v) is 15.4. The standard InChI is InChI=1S/C32H30N2O6S/c1-41(36,37)28-11-7-22(8-12-28)24-9-13-29-26(19-24)21-38-32(40-29)23-15-17-34(18-16-23)31(35)25-10-14-30(33-20-25)39-27-5-3-2-4-6-27/h2-14,19-20,23,32H,15-18,21H2,1H3. The number of nitrogens with zero attached hydrogens (tertiary/aromatic N) is 2. The average Bonchev–Trinajstić information content (AvgIpc) is 3.01. The molecule has 1 unspecified atom stereocenters. The SMILES string of the molecule is CS(=O)(=O)c1ccc(-c2ccc3c(c2)COC(C2CCN(C(=O)c4ccc(Oc5ccccc5)nc4)CC2)O3)cc1. The Labute approximate surface area is 239 Å². The fraction of sp³-hybridized carbons (Fsp3) is 0.250. The Kier molecular flexibility index (Phi) is 7.47. The number of aromatic nitrogens is 1. The van der Waals surface area contributed by atoms with Crippen molar-refractivity contribution in [2.24, 2.45) is 5.92 Å². The Balaban J connectivity index is 1.03. The lowest BCUT2D eigenvalue weighted by Gasteiger charge is -2.37. The molecule has 2 aliphatic heterocycles. The molecular weight excluding hydrogens is 540 g/mol. The van der Waals surface area contributed by atoms with Crippen molar-refractivity contribution in [3.05, 3.63) is 102 Å². The van der Waals surface area contributed by atoms with Gasteiger partial charge in [0.1, 0.15) is 11.5 Å². The molecule has 0 radical (unpaired) electrons. The molecule has 4 aromatic rings. The zero-order valence-corrected chi connectivity index (χ0v) is 23.4. The van der Waals surface area contributed by atoms with E-state index in [1.54, 1.807) is 30.5 Å². The monoisotopic (exact) mass is 570 g/mol. The highest BCUT2D eigenvalue weighted by Gasteiger charge is 2.33. The smallest absolute Gasteiger partial charge is 0.255 e. The summed E-state index contributed by atoms with van der Waals surface area (Å²) < 4.78 is 41.6. The van der Waals surface area contributed by atoms with Crippen molar-refractivity contribution in [1.29, 1.82) is 0 Å². The number of pyridine rings is 1. The molecule has 3 heterocycles. The number of amides is 1. The molecular formula is C32H30N2O6S. The molecule has 9 heteroatoms.